The first-order valence-corrected chi connectivity index (χ1v) is 22.3. The predicted molar refractivity (Wildman–Crippen MR) is 217 cm³/mol. The molecule has 3 amide bonds. The molecule has 0 radical (unpaired) electrons. The van der Waals surface area contributed by atoms with E-state index in [4.69, 9.17) is 18.9 Å². The van der Waals surface area contributed by atoms with Crippen LogP contribution in [0.25, 0.3) is 10.9 Å². The lowest BCUT2D eigenvalue weighted by molar-refractivity contribution is -0.244. The zero-order valence-corrected chi connectivity index (χ0v) is 36.0. The van der Waals surface area contributed by atoms with Gasteiger partial charge in [-0.15, -0.1) is 0 Å². The Kier molecular flexibility index (Phi) is 13.8. The monoisotopic (exact) mass is 883 g/mol. The number of rotatable bonds is 14. The third-order valence-corrected chi connectivity index (χ3v) is 14.5. The highest BCUT2D eigenvalue weighted by atomic mass is 32.2. The molecule has 2 aliphatic heterocycles. The quantitative estimate of drug-likeness (QED) is 0.0891. The van der Waals surface area contributed by atoms with E-state index in [9.17, 15) is 40.4 Å². The Hall–Kier alpha value is -4.23. The first kappa shape index (κ1) is 46.3. The summed E-state index contributed by atoms with van der Waals surface area (Å²) in [5, 5.41) is 6.30. The molecule has 2 unspecified atom stereocenters. The van der Waals surface area contributed by atoms with Crippen LogP contribution in [0.15, 0.2) is 42.6 Å². The maximum Gasteiger partial charge on any atom is 0.427 e. The highest BCUT2D eigenvalue weighted by molar-refractivity contribution is 7.91. The highest BCUT2D eigenvalue weighted by Crippen LogP contribution is 2.46. The number of nitrogens with zero attached hydrogens (tertiary/aromatic N) is 2. The molecule has 1 aromatic heterocycles. The second kappa shape index (κ2) is 18.2. The number of allylic oxidation sites excluding steroid dienone is 1. The van der Waals surface area contributed by atoms with Crippen LogP contribution in [0.1, 0.15) is 79.6 Å². The Labute approximate surface area is 353 Å². The number of carbonyl (C=O) groups is 3. The number of alkyl carbamates (subject to hydrolysis) is 1. The summed E-state index contributed by atoms with van der Waals surface area (Å²) in [6.07, 6.45) is 2.00. The smallest absolute Gasteiger partial charge is 0.427 e. The zero-order valence-electron chi connectivity index (χ0n) is 35.2. The van der Waals surface area contributed by atoms with Gasteiger partial charge in [0.1, 0.15) is 41.7 Å². The third-order valence-electron chi connectivity index (χ3n) is 12.3. The third kappa shape index (κ3) is 10.7. The molecule has 3 fully saturated rings. The maximum atomic E-state index is 14.7. The summed E-state index contributed by atoms with van der Waals surface area (Å²) in [6.45, 7) is 6.04. The number of hydrogen-bond acceptors (Lipinski definition) is 10. The average molecular weight is 884 g/mol. The molecule has 4 aliphatic rings. The molecule has 61 heavy (non-hydrogen) atoms. The summed E-state index contributed by atoms with van der Waals surface area (Å²) in [5.41, 5.74) is -3.09. The minimum atomic E-state index is -4.89. The molecule has 0 bridgehead atoms. The van der Waals surface area contributed by atoms with Gasteiger partial charge in [-0.1, -0.05) is 26.0 Å². The SMILES string of the molecule is CCOc1ccc2ncc(OCC3C[C@H]4C(=O)N[C@]5(COCNS(=O)(=O)C6(CF)CC6)C[C@H]5/C=C\CC[C@@H](C)C[C@@H](C)C(NC(=O)OC(C)(C)C(F)(F)F)C(=O)N4C3)cc2c1. The molecule has 2 aliphatic carbocycles. The van der Waals surface area contributed by atoms with Gasteiger partial charge in [0.05, 0.1) is 37.1 Å². The number of aromatic nitrogens is 1. The van der Waals surface area contributed by atoms with Crippen LogP contribution in [0.5, 0.6) is 11.5 Å². The van der Waals surface area contributed by atoms with Gasteiger partial charge < -0.3 is 34.5 Å². The van der Waals surface area contributed by atoms with Gasteiger partial charge in [-0.05, 0) is 102 Å². The second-order valence-corrected chi connectivity index (χ2v) is 19.8. The topological polar surface area (TPSA) is 174 Å². The molecular weight excluding hydrogens is 827 g/mol. The van der Waals surface area contributed by atoms with E-state index >= 15 is 0 Å². The molecule has 14 nitrogen and oxygen atoms in total. The molecule has 0 spiro atoms. The molecule has 338 valence electrons. The Morgan fingerprint density at radius 1 is 1.08 bits per heavy atom. The standard InChI is InChI=1S/C42H57F4N5O9S/c1-6-58-31-11-12-33-29(17-31)18-32(20-47-33)59-22-28-16-34-36(52)50-41(24-57-25-48-61(55,56)40(23-43)13-14-40)19-30(41)10-8-7-9-26(2)15-27(3)35(37(53)51(34)21-28)49-38(54)60-39(4,5)42(44,45)46/h8,10-12,17-18,20,26-28,30,34-35,48H,6-7,9,13-16,19,21-25H2,1-5H3,(H,49,54)(H,50,52)/b10-8-/t26-,27-,28?,30-,34+,35?,41+/m1/s1. The fourth-order valence-corrected chi connectivity index (χ4v) is 9.48. The normalized spacial score (nSPS) is 28.7. The van der Waals surface area contributed by atoms with Crippen LogP contribution >= 0.6 is 0 Å². The van der Waals surface area contributed by atoms with E-state index in [0.29, 0.717) is 57.6 Å². The van der Waals surface area contributed by atoms with Gasteiger partial charge in [0.2, 0.25) is 27.4 Å². The number of sulfonamides is 1. The lowest BCUT2D eigenvalue weighted by Crippen LogP contribution is -2.58. The molecule has 3 heterocycles. The number of hydrogen-bond donors (Lipinski definition) is 3. The van der Waals surface area contributed by atoms with Crippen LogP contribution in [0.4, 0.5) is 22.4 Å². The van der Waals surface area contributed by atoms with Crippen LogP contribution in [-0.2, 0) is 29.1 Å². The van der Waals surface area contributed by atoms with Gasteiger partial charge in [-0.2, -0.15) is 17.9 Å². The molecule has 1 aromatic carbocycles. The van der Waals surface area contributed by atoms with E-state index in [0.717, 1.165) is 10.9 Å². The fraction of sp³-hybridized carbons (Fsp3) is 0.667. The summed E-state index contributed by atoms with van der Waals surface area (Å²) in [6, 6.07) is 4.85. The van der Waals surface area contributed by atoms with Gasteiger partial charge in [-0.3, -0.25) is 14.6 Å². The molecule has 2 saturated carbocycles. The van der Waals surface area contributed by atoms with Crippen molar-refractivity contribution >= 4 is 38.8 Å². The minimum absolute atomic E-state index is 0.0148. The summed E-state index contributed by atoms with van der Waals surface area (Å²) >= 11 is 0. The van der Waals surface area contributed by atoms with Crippen LogP contribution in [0, 0.1) is 23.7 Å². The number of fused-ring (bicyclic) bond motifs is 3. The number of halogens is 4. The van der Waals surface area contributed by atoms with Crippen molar-refractivity contribution in [2.45, 2.75) is 114 Å². The van der Waals surface area contributed by atoms with Crippen LogP contribution < -0.4 is 24.8 Å². The van der Waals surface area contributed by atoms with Crippen molar-refractivity contribution in [3.8, 4) is 11.5 Å². The molecular formula is C42H57F4N5O9S. The van der Waals surface area contributed by atoms with Crippen molar-refractivity contribution in [2.75, 3.05) is 39.8 Å². The van der Waals surface area contributed by atoms with E-state index in [1.807, 2.05) is 44.2 Å². The second-order valence-electron chi connectivity index (χ2n) is 17.6. The number of amides is 3. The fourth-order valence-electron chi connectivity index (χ4n) is 8.16. The Morgan fingerprint density at radius 3 is 2.51 bits per heavy atom. The first-order valence-electron chi connectivity index (χ1n) is 20.9. The number of ether oxygens (including phenoxy) is 4. The van der Waals surface area contributed by atoms with E-state index in [2.05, 4.69) is 20.3 Å². The Balaban J connectivity index is 1.25. The van der Waals surface area contributed by atoms with Crippen molar-refractivity contribution in [2.24, 2.45) is 23.7 Å². The molecule has 1 saturated heterocycles. The maximum absolute atomic E-state index is 14.7. The highest BCUT2D eigenvalue weighted by Gasteiger charge is 2.57. The number of nitrogens with one attached hydrogen (secondary N) is 3. The minimum Gasteiger partial charge on any atom is -0.494 e. The molecule has 19 heteroatoms. The molecule has 2 aromatic rings. The summed E-state index contributed by atoms with van der Waals surface area (Å²) in [4.78, 5) is 48.2. The van der Waals surface area contributed by atoms with Crippen LogP contribution in [0.2, 0.25) is 0 Å². The van der Waals surface area contributed by atoms with E-state index < -0.39 is 87.3 Å². The van der Waals surface area contributed by atoms with Gasteiger partial charge >= 0.3 is 12.3 Å². The van der Waals surface area contributed by atoms with Gasteiger partial charge in [-0.25, -0.2) is 17.6 Å². The predicted octanol–water partition coefficient (Wildman–Crippen LogP) is 5.95. The number of carbonyl (C=O) groups excluding carboxylic acids is 3. The lowest BCUT2D eigenvalue weighted by Gasteiger charge is -2.34. The number of alkyl halides is 4. The van der Waals surface area contributed by atoms with Crippen molar-refractivity contribution in [3.63, 3.8) is 0 Å². The van der Waals surface area contributed by atoms with Crippen molar-refractivity contribution in [3.05, 3.63) is 42.6 Å². The van der Waals surface area contributed by atoms with Crippen molar-refractivity contribution < 1.29 is 59.3 Å². The number of benzene rings is 1. The van der Waals surface area contributed by atoms with E-state index in [1.165, 1.54) is 4.90 Å². The largest absolute Gasteiger partial charge is 0.494 e. The first-order chi connectivity index (χ1) is 28.7. The molecule has 6 rings (SSSR count). The van der Waals surface area contributed by atoms with Gasteiger partial charge in [0, 0.05) is 23.8 Å². The number of pyridine rings is 1. The molecule has 3 N–H and O–H groups in total. The summed E-state index contributed by atoms with van der Waals surface area (Å²) in [7, 11) is -3.98. The van der Waals surface area contributed by atoms with Gasteiger partial charge in [0.15, 0.2) is 0 Å². The average Bonchev–Trinajstić information content (AvgIpc) is 4.09. The van der Waals surface area contributed by atoms with E-state index in [-0.39, 0.29) is 50.9 Å². The zero-order chi connectivity index (χ0) is 44.4. The van der Waals surface area contributed by atoms with Gasteiger partial charge in [0.25, 0.3) is 0 Å². The Bertz CT molecular complexity index is 2070. The Morgan fingerprint density at radius 2 is 1.82 bits per heavy atom. The molecule has 7 atom stereocenters. The summed E-state index contributed by atoms with van der Waals surface area (Å²) in [5.74, 6) is -1.22. The van der Waals surface area contributed by atoms with Crippen LogP contribution in [-0.4, -0.2) is 110 Å². The lowest BCUT2D eigenvalue weighted by atomic mass is 9.88. The summed E-state index contributed by atoms with van der Waals surface area (Å²) < 4.78 is 104. The van der Waals surface area contributed by atoms with Crippen LogP contribution in [0.3, 0.4) is 0 Å². The van der Waals surface area contributed by atoms with E-state index in [1.54, 1.807) is 19.2 Å². The van der Waals surface area contributed by atoms with Crippen molar-refractivity contribution in [1.29, 1.82) is 0 Å². The van der Waals surface area contributed by atoms with Crippen molar-refractivity contribution in [1.82, 2.24) is 25.2 Å².